The molecule has 0 bridgehead atoms. The van der Waals surface area contributed by atoms with E-state index < -0.39 is 0 Å². The molecule has 82 valence electrons. The minimum absolute atomic E-state index is 0.776. The van der Waals surface area contributed by atoms with Gasteiger partial charge in [-0.15, -0.1) is 0 Å². The summed E-state index contributed by atoms with van der Waals surface area (Å²) in [6.07, 6.45) is 5.93. The van der Waals surface area contributed by atoms with Crippen LogP contribution < -0.4 is 5.32 Å². The summed E-state index contributed by atoms with van der Waals surface area (Å²) in [5.74, 6) is 1.95. The van der Waals surface area contributed by atoms with Crippen molar-refractivity contribution >= 4 is 6.08 Å². The zero-order valence-electron chi connectivity index (χ0n) is 9.55. The predicted molar refractivity (Wildman–Crippen MR) is 62.7 cm³/mol. The lowest BCUT2D eigenvalue weighted by molar-refractivity contribution is 0.524. The third-order valence-electron chi connectivity index (χ3n) is 2.76. The third-order valence-corrected chi connectivity index (χ3v) is 2.76. The molecule has 1 aromatic heterocycles. The van der Waals surface area contributed by atoms with Gasteiger partial charge < -0.3 is 9.73 Å². The normalized spacial score (nSPS) is 17.1. The summed E-state index contributed by atoms with van der Waals surface area (Å²) in [5, 5.41) is 3.52. The van der Waals surface area contributed by atoms with E-state index in [9.17, 15) is 0 Å². The Balaban J connectivity index is 1.94. The largest absolute Gasteiger partial charge is 0.462 e. The Morgan fingerprint density at radius 1 is 1.53 bits per heavy atom. The first kappa shape index (κ1) is 10.5. The van der Waals surface area contributed by atoms with Gasteiger partial charge in [-0.25, -0.2) is 0 Å². The van der Waals surface area contributed by atoms with Gasteiger partial charge >= 0.3 is 0 Å². The molecule has 2 heteroatoms. The standard InChI is InChI=1S/C13H19NO/c1-3-11(9-14-12-5-6-12)8-13-7-4-10(2)15-13/h4,7-8,12,14H,3,5-6,9H2,1-2H3. The van der Waals surface area contributed by atoms with E-state index in [4.69, 9.17) is 4.42 Å². The Bertz CT molecular complexity index is 347. The maximum atomic E-state index is 5.53. The van der Waals surface area contributed by atoms with E-state index >= 15 is 0 Å². The van der Waals surface area contributed by atoms with Crippen molar-refractivity contribution in [3.63, 3.8) is 0 Å². The maximum absolute atomic E-state index is 5.53. The van der Waals surface area contributed by atoms with Crippen molar-refractivity contribution in [3.8, 4) is 0 Å². The lowest BCUT2D eigenvalue weighted by Crippen LogP contribution is -2.18. The zero-order chi connectivity index (χ0) is 10.7. The van der Waals surface area contributed by atoms with E-state index in [1.807, 2.05) is 19.1 Å². The van der Waals surface area contributed by atoms with Crippen LogP contribution in [-0.2, 0) is 0 Å². The highest BCUT2D eigenvalue weighted by molar-refractivity contribution is 5.48. The van der Waals surface area contributed by atoms with Gasteiger partial charge in [0.05, 0.1) is 0 Å². The molecule has 1 N–H and O–H groups in total. The van der Waals surface area contributed by atoms with Gasteiger partial charge in [-0.05, 0) is 44.4 Å². The molecule has 2 nitrogen and oxygen atoms in total. The van der Waals surface area contributed by atoms with Crippen molar-refractivity contribution in [2.45, 2.75) is 39.2 Å². The van der Waals surface area contributed by atoms with Crippen molar-refractivity contribution < 1.29 is 4.42 Å². The lowest BCUT2D eigenvalue weighted by atomic mass is 10.1. The Morgan fingerprint density at radius 2 is 2.33 bits per heavy atom. The molecule has 1 saturated carbocycles. The summed E-state index contributed by atoms with van der Waals surface area (Å²) in [5.41, 5.74) is 1.41. The highest BCUT2D eigenvalue weighted by Crippen LogP contribution is 2.19. The van der Waals surface area contributed by atoms with Crippen LogP contribution in [0.4, 0.5) is 0 Å². The molecule has 15 heavy (non-hydrogen) atoms. The monoisotopic (exact) mass is 205 g/mol. The SMILES string of the molecule is CCC(=Cc1ccc(C)o1)CNC1CC1. The quantitative estimate of drug-likeness (QED) is 0.799. The second kappa shape index (κ2) is 4.67. The molecule has 0 saturated heterocycles. The molecule has 1 aliphatic carbocycles. The number of rotatable bonds is 5. The molecule has 0 spiro atoms. The molecule has 0 unspecified atom stereocenters. The summed E-state index contributed by atoms with van der Waals surface area (Å²) < 4.78 is 5.53. The molecule has 2 rings (SSSR count). The van der Waals surface area contributed by atoms with E-state index in [1.54, 1.807) is 0 Å². The minimum Gasteiger partial charge on any atom is -0.462 e. The number of aryl methyl sites for hydroxylation is 1. The summed E-state index contributed by atoms with van der Waals surface area (Å²) in [7, 11) is 0. The summed E-state index contributed by atoms with van der Waals surface area (Å²) in [6, 6.07) is 4.81. The molecule has 0 aromatic carbocycles. The van der Waals surface area contributed by atoms with Crippen molar-refractivity contribution in [3.05, 3.63) is 29.2 Å². The molecule has 1 aliphatic rings. The fourth-order valence-corrected chi connectivity index (χ4v) is 1.57. The molecular formula is C13H19NO. The van der Waals surface area contributed by atoms with Gasteiger partial charge in [-0.1, -0.05) is 12.5 Å². The van der Waals surface area contributed by atoms with Crippen molar-refractivity contribution in [2.75, 3.05) is 6.54 Å². The van der Waals surface area contributed by atoms with E-state index in [2.05, 4.69) is 18.3 Å². The van der Waals surface area contributed by atoms with Crippen molar-refractivity contribution in [2.24, 2.45) is 0 Å². The molecular weight excluding hydrogens is 186 g/mol. The van der Waals surface area contributed by atoms with Gasteiger partial charge in [0.1, 0.15) is 11.5 Å². The van der Waals surface area contributed by atoms with Gasteiger partial charge in [-0.2, -0.15) is 0 Å². The van der Waals surface area contributed by atoms with Crippen molar-refractivity contribution in [1.29, 1.82) is 0 Å². The Morgan fingerprint density at radius 3 is 2.87 bits per heavy atom. The minimum atomic E-state index is 0.776. The lowest BCUT2D eigenvalue weighted by Gasteiger charge is -2.04. The number of nitrogens with one attached hydrogen (secondary N) is 1. The summed E-state index contributed by atoms with van der Waals surface area (Å²) >= 11 is 0. The van der Waals surface area contributed by atoms with Gasteiger partial charge in [0.25, 0.3) is 0 Å². The van der Waals surface area contributed by atoms with E-state index in [0.29, 0.717) is 0 Å². The van der Waals surface area contributed by atoms with Crippen LogP contribution in [-0.4, -0.2) is 12.6 Å². The number of hydrogen-bond donors (Lipinski definition) is 1. The van der Waals surface area contributed by atoms with Gasteiger partial charge in [-0.3, -0.25) is 0 Å². The Labute approximate surface area is 91.4 Å². The fraction of sp³-hybridized carbons (Fsp3) is 0.538. The average Bonchev–Trinajstić information content (AvgIpc) is 2.97. The summed E-state index contributed by atoms with van der Waals surface area (Å²) in [6.45, 7) is 5.17. The van der Waals surface area contributed by atoms with Crippen LogP contribution in [0.5, 0.6) is 0 Å². The van der Waals surface area contributed by atoms with Crippen LogP contribution in [0.3, 0.4) is 0 Å². The van der Waals surface area contributed by atoms with Gasteiger partial charge in [0.2, 0.25) is 0 Å². The van der Waals surface area contributed by atoms with Crippen LogP contribution in [0.2, 0.25) is 0 Å². The highest BCUT2D eigenvalue weighted by Gasteiger charge is 2.20. The first-order valence-electron chi connectivity index (χ1n) is 5.77. The number of furan rings is 1. The molecule has 1 heterocycles. The smallest absolute Gasteiger partial charge is 0.127 e. The highest BCUT2D eigenvalue weighted by atomic mass is 16.3. The predicted octanol–water partition coefficient (Wildman–Crippen LogP) is 3.13. The first-order chi connectivity index (χ1) is 7.28. The van der Waals surface area contributed by atoms with Crippen molar-refractivity contribution in [1.82, 2.24) is 5.32 Å². The van der Waals surface area contributed by atoms with Crippen LogP contribution in [0.25, 0.3) is 6.08 Å². The topological polar surface area (TPSA) is 25.2 Å². The average molecular weight is 205 g/mol. The molecule has 1 aromatic rings. The van der Waals surface area contributed by atoms with E-state index in [1.165, 1.54) is 18.4 Å². The van der Waals surface area contributed by atoms with Crippen LogP contribution in [0, 0.1) is 6.92 Å². The number of hydrogen-bond acceptors (Lipinski definition) is 2. The van der Waals surface area contributed by atoms with Crippen LogP contribution in [0.15, 0.2) is 22.1 Å². The van der Waals surface area contributed by atoms with Gasteiger partial charge in [0.15, 0.2) is 0 Å². The summed E-state index contributed by atoms with van der Waals surface area (Å²) in [4.78, 5) is 0. The molecule has 0 aliphatic heterocycles. The first-order valence-corrected chi connectivity index (χ1v) is 5.77. The van der Waals surface area contributed by atoms with Crippen LogP contribution >= 0.6 is 0 Å². The Hall–Kier alpha value is -1.02. The van der Waals surface area contributed by atoms with Gasteiger partial charge in [0, 0.05) is 12.6 Å². The second-order valence-electron chi connectivity index (χ2n) is 4.26. The van der Waals surface area contributed by atoms with E-state index in [0.717, 1.165) is 30.5 Å². The molecule has 0 amide bonds. The fourth-order valence-electron chi connectivity index (χ4n) is 1.57. The van der Waals surface area contributed by atoms with Crippen LogP contribution in [0.1, 0.15) is 37.7 Å². The molecule has 0 atom stereocenters. The zero-order valence-corrected chi connectivity index (χ0v) is 9.55. The molecule has 0 radical (unpaired) electrons. The maximum Gasteiger partial charge on any atom is 0.127 e. The Kier molecular flexibility index (Phi) is 3.27. The molecule has 1 fully saturated rings. The second-order valence-corrected chi connectivity index (χ2v) is 4.26. The third kappa shape index (κ3) is 3.24. The van der Waals surface area contributed by atoms with E-state index in [-0.39, 0.29) is 0 Å².